The molecule has 1 aliphatic carbocycles. The number of nitrogens with zero attached hydrogens (tertiary/aromatic N) is 1. The van der Waals surface area contributed by atoms with Gasteiger partial charge in [-0.05, 0) is 28.5 Å². The van der Waals surface area contributed by atoms with Crippen LogP contribution in [0.5, 0.6) is 0 Å². The van der Waals surface area contributed by atoms with Gasteiger partial charge >= 0.3 is 6.09 Å². The van der Waals surface area contributed by atoms with Gasteiger partial charge in [0.1, 0.15) is 19.3 Å². The maximum atomic E-state index is 12.9. The molecule has 2 aromatic rings. The minimum atomic E-state index is -0.506. The van der Waals surface area contributed by atoms with Crippen molar-refractivity contribution in [3.05, 3.63) is 59.7 Å². The number of hydrogen-bond acceptors (Lipinski definition) is 5. The van der Waals surface area contributed by atoms with Crippen molar-refractivity contribution < 1.29 is 19.1 Å². The summed E-state index contributed by atoms with van der Waals surface area (Å²) in [4.78, 5) is 26.7. The van der Waals surface area contributed by atoms with Crippen LogP contribution in [-0.2, 0) is 14.3 Å². The zero-order valence-corrected chi connectivity index (χ0v) is 16.4. The van der Waals surface area contributed by atoms with Gasteiger partial charge < -0.3 is 9.47 Å². The van der Waals surface area contributed by atoms with E-state index in [9.17, 15) is 9.59 Å². The predicted octanol–water partition coefficient (Wildman–Crippen LogP) is 3.32. The lowest BCUT2D eigenvalue weighted by atomic mass is 9.98. The Labute approximate surface area is 168 Å². The smallest absolute Gasteiger partial charge is 0.410 e. The Hall–Kier alpha value is -2.31. The quantitative estimate of drug-likeness (QED) is 0.798. The third kappa shape index (κ3) is 2.66. The van der Waals surface area contributed by atoms with Gasteiger partial charge in [0, 0.05) is 12.5 Å². The van der Waals surface area contributed by atoms with Crippen LogP contribution in [0.3, 0.4) is 0 Å². The number of Topliss-reactive ketones (excluding diaryl/α,β-unsaturated/α-hetero) is 1. The molecule has 0 N–H and O–H groups in total. The zero-order chi connectivity index (χ0) is 19.3. The SMILES string of the molecule is CSC1CN(C(=O)OCC2c3ccccc3-c3ccccc32)C2C(=O)COC12. The lowest BCUT2D eigenvalue weighted by Crippen LogP contribution is -2.42. The second-order valence-electron chi connectivity index (χ2n) is 7.42. The van der Waals surface area contributed by atoms with E-state index >= 15 is 0 Å². The molecule has 3 aliphatic rings. The summed E-state index contributed by atoms with van der Waals surface area (Å²) in [6.07, 6.45) is 1.34. The van der Waals surface area contributed by atoms with E-state index in [1.165, 1.54) is 22.3 Å². The van der Waals surface area contributed by atoms with Crippen molar-refractivity contribution in [2.24, 2.45) is 0 Å². The highest BCUT2D eigenvalue weighted by Gasteiger charge is 2.52. The van der Waals surface area contributed by atoms with E-state index in [-0.39, 0.29) is 36.3 Å². The van der Waals surface area contributed by atoms with Gasteiger partial charge in [0.25, 0.3) is 0 Å². The number of ketones is 1. The summed E-state index contributed by atoms with van der Waals surface area (Å²) in [6.45, 7) is 0.832. The van der Waals surface area contributed by atoms with Crippen LogP contribution < -0.4 is 0 Å². The Morgan fingerprint density at radius 1 is 1.14 bits per heavy atom. The van der Waals surface area contributed by atoms with Crippen molar-refractivity contribution in [1.82, 2.24) is 4.90 Å². The van der Waals surface area contributed by atoms with Gasteiger partial charge in [-0.1, -0.05) is 48.5 Å². The van der Waals surface area contributed by atoms with Crippen LogP contribution >= 0.6 is 11.8 Å². The Morgan fingerprint density at radius 2 is 1.79 bits per heavy atom. The zero-order valence-electron chi connectivity index (χ0n) is 15.5. The highest BCUT2D eigenvalue weighted by molar-refractivity contribution is 7.99. The first kappa shape index (κ1) is 17.8. The molecule has 1 amide bonds. The molecular weight excluding hydrogens is 374 g/mol. The molecular formula is C22H21NO4S. The standard InChI is InChI=1S/C22H21NO4S/c1-28-19-10-23(20-18(24)12-26-21(19)20)22(25)27-11-17-15-8-4-2-6-13(15)14-7-3-5-9-16(14)17/h2-9,17,19-21H,10-12H2,1H3. The average molecular weight is 395 g/mol. The number of ether oxygens (including phenoxy) is 2. The monoisotopic (exact) mass is 395 g/mol. The van der Waals surface area contributed by atoms with Crippen LogP contribution in [0, 0.1) is 0 Å². The van der Waals surface area contributed by atoms with Crippen LogP contribution in [0.25, 0.3) is 11.1 Å². The number of thioether (sulfide) groups is 1. The first-order valence-electron chi connectivity index (χ1n) is 9.47. The van der Waals surface area contributed by atoms with E-state index in [1.807, 2.05) is 30.5 Å². The Kier molecular flexibility index (Phi) is 4.40. The van der Waals surface area contributed by atoms with Gasteiger partial charge in [-0.3, -0.25) is 9.69 Å². The van der Waals surface area contributed by atoms with E-state index in [0.29, 0.717) is 6.54 Å². The van der Waals surface area contributed by atoms with E-state index in [0.717, 1.165) is 0 Å². The fourth-order valence-corrected chi connectivity index (χ4v) is 5.49. The van der Waals surface area contributed by atoms with Gasteiger partial charge in [-0.15, -0.1) is 0 Å². The highest BCUT2D eigenvalue weighted by atomic mass is 32.2. The van der Waals surface area contributed by atoms with Gasteiger partial charge in [-0.25, -0.2) is 4.79 Å². The van der Waals surface area contributed by atoms with E-state index in [2.05, 4.69) is 24.3 Å². The molecule has 144 valence electrons. The van der Waals surface area contributed by atoms with Crippen molar-refractivity contribution in [3.63, 3.8) is 0 Å². The molecule has 5 nitrogen and oxygen atoms in total. The maximum absolute atomic E-state index is 12.9. The van der Waals surface area contributed by atoms with Crippen LogP contribution in [0.2, 0.25) is 0 Å². The van der Waals surface area contributed by atoms with Gasteiger partial charge in [0.05, 0.1) is 11.4 Å². The van der Waals surface area contributed by atoms with Crippen molar-refractivity contribution in [1.29, 1.82) is 0 Å². The number of hydrogen-bond donors (Lipinski definition) is 0. The van der Waals surface area contributed by atoms with Gasteiger partial charge in [-0.2, -0.15) is 11.8 Å². The van der Waals surface area contributed by atoms with E-state index in [4.69, 9.17) is 9.47 Å². The molecule has 0 saturated carbocycles. The summed E-state index contributed by atoms with van der Waals surface area (Å²) in [5, 5.41) is 0.108. The van der Waals surface area contributed by atoms with Crippen molar-refractivity contribution in [2.45, 2.75) is 23.3 Å². The van der Waals surface area contributed by atoms with E-state index in [1.54, 1.807) is 16.7 Å². The number of benzene rings is 2. The number of likely N-dealkylation sites (tertiary alicyclic amines) is 1. The molecule has 3 unspecified atom stereocenters. The van der Waals surface area contributed by atoms with Crippen molar-refractivity contribution in [3.8, 4) is 11.1 Å². The number of rotatable bonds is 3. The summed E-state index contributed by atoms with van der Waals surface area (Å²) < 4.78 is 11.4. The van der Waals surface area contributed by atoms with Crippen LogP contribution in [0.15, 0.2) is 48.5 Å². The normalized spacial score (nSPS) is 25.5. The predicted molar refractivity (Wildman–Crippen MR) is 108 cm³/mol. The lowest BCUT2D eigenvalue weighted by molar-refractivity contribution is -0.121. The molecule has 0 spiro atoms. The van der Waals surface area contributed by atoms with Crippen molar-refractivity contribution in [2.75, 3.05) is 26.0 Å². The lowest BCUT2D eigenvalue weighted by Gasteiger charge is -2.22. The topological polar surface area (TPSA) is 55.8 Å². The average Bonchev–Trinajstić information content (AvgIpc) is 3.38. The fraction of sp³-hybridized carbons (Fsp3) is 0.364. The highest BCUT2D eigenvalue weighted by Crippen LogP contribution is 2.44. The summed E-state index contributed by atoms with van der Waals surface area (Å²) in [6, 6.07) is 16.0. The molecule has 5 rings (SSSR count). The molecule has 2 aromatic carbocycles. The van der Waals surface area contributed by atoms with Crippen molar-refractivity contribution >= 4 is 23.6 Å². The van der Waals surface area contributed by atoms with Crippen LogP contribution in [-0.4, -0.2) is 60.2 Å². The molecule has 2 fully saturated rings. The van der Waals surface area contributed by atoms with E-state index < -0.39 is 12.1 Å². The maximum Gasteiger partial charge on any atom is 0.410 e. The van der Waals surface area contributed by atoms with Gasteiger partial charge in [0.2, 0.25) is 0 Å². The summed E-state index contributed by atoms with van der Waals surface area (Å²) in [7, 11) is 0. The molecule has 0 aromatic heterocycles. The number of carbonyl (C=O) groups excluding carboxylic acids is 2. The molecule has 3 atom stereocenters. The Bertz CT molecular complexity index is 900. The molecule has 28 heavy (non-hydrogen) atoms. The summed E-state index contributed by atoms with van der Waals surface area (Å²) >= 11 is 1.63. The molecule has 2 aliphatic heterocycles. The Morgan fingerprint density at radius 3 is 2.43 bits per heavy atom. The third-order valence-corrected chi connectivity index (χ3v) is 7.03. The second-order valence-corrected chi connectivity index (χ2v) is 8.49. The number of amides is 1. The molecule has 6 heteroatoms. The first-order chi connectivity index (χ1) is 13.7. The minimum absolute atomic E-state index is 0.0154. The number of fused-ring (bicyclic) bond motifs is 4. The summed E-state index contributed by atoms with van der Waals surface area (Å²) in [5.41, 5.74) is 4.75. The fourth-order valence-electron chi connectivity index (χ4n) is 4.68. The second kappa shape index (κ2) is 6.94. The summed E-state index contributed by atoms with van der Waals surface area (Å²) in [5.74, 6) is -0.0170. The van der Waals surface area contributed by atoms with Crippen LogP contribution in [0.1, 0.15) is 17.0 Å². The largest absolute Gasteiger partial charge is 0.448 e. The molecule has 2 heterocycles. The molecule has 0 bridgehead atoms. The van der Waals surface area contributed by atoms with Gasteiger partial charge in [0.15, 0.2) is 5.78 Å². The number of carbonyl (C=O) groups is 2. The third-order valence-electron chi connectivity index (χ3n) is 6.01. The first-order valence-corrected chi connectivity index (χ1v) is 10.8. The Balaban J connectivity index is 1.35. The molecule has 0 radical (unpaired) electrons. The van der Waals surface area contributed by atoms with Crippen LogP contribution in [0.4, 0.5) is 4.79 Å². The molecule has 2 saturated heterocycles. The minimum Gasteiger partial charge on any atom is -0.448 e.